The van der Waals surface area contributed by atoms with Crippen LogP contribution in [0.4, 0.5) is 0 Å². The molecule has 0 aliphatic heterocycles. The number of hydrogen-bond acceptors (Lipinski definition) is 2. The van der Waals surface area contributed by atoms with Crippen LogP contribution in [0.3, 0.4) is 0 Å². The molecule has 70 valence electrons. The largest absolute Gasteiger partial charge is 0.303 e. The van der Waals surface area contributed by atoms with E-state index in [-0.39, 0.29) is 11.2 Å². The number of ketones is 1. The molecule has 0 aromatic rings. The molecule has 0 spiro atoms. The average molecular weight is 170 g/mol. The van der Waals surface area contributed by atoms with Crippen LogP contribution >= 0.6 is 0 Å². The Labute approximate surface area is 74.3 Å². The van der Waals surface area contributed by atoms with Gasteiger partial charge in [-0.25, -0.2) is 0 Å². The van der Waals surface area contributed by atoms with Crippen molar-refractivity contribution in [2.45, 2.75) is 46.5 Å². The van der Waals surface area contributed by atoms with Crippen LogP contribution in [-0.4, -0.2) is 12.1 Å². The molecule has 0 heterocycles. The summed E-state index contributed by atoms with van der Waals surface area (Å²) < 4.78 is 0. The zero-order valence-electron chi connectivity index (χ0n) is 8.22. The molecular formula is C10H18O2. The summed E-state index contributed by atoms with van der Waals surface area (Å²) in [6, 6.07) is 0. The van der Waals surface area contributed by atoms with Crippen LogP contribution in [0.25, 0.3) is 0 Å². The van der Waals surface area contributed by atoms with Crippen LogP contribution < -0.4 is 0 Å². The Kier molecular flexibility index (Phi) is 4.79. The molecule has 0 saturated heterocycles. The zero-order valence-corrected chi connectivity index (χ0v) is 8.22. The highest BCUT2D eigenvalue weighted by Gasteiger charge is 2.17. The Hall–Kier alpha value is -0.660. The third kappa shape index (κ3) is 6.08. The Balaban J connectivity index is 3.69. The number of carbonyl (C=O) groups is 2. The van der Waals surface area contributed by atoms with Gasteiger partial charge in [0.15, 0.2) is 0 Å². The average Bonchev–Trinajstić information content (AvgIpc) is 1.98. The van der Waals surface area contributed by atoms with Gasteiger partial charge in [-0.15, -0.1) is 0 Å². The van der Waals surface area contributed by atoms with Crippen molar-refractivity contribution in [3.8, 4) is 0 Å². The quantitative estimate of drug-likeness (QED) is 0.573. The van der Waals surface area contributed by atoms with Crippen LogP contribution in [0.1, 0.15) is 46.5 Å². The Morgan fingerprint density at radius 3 is 2.33 bits per heavy atom. The molecule has 0 aliphatic rings. The van der Waals surface area contributed by atoms with Crippen molar-refractivity contribution in [3.05, 3.63) is 0 Å². The van der Waals surface area contributed by atoms with Crippen LogP contribution in [0, 0.1) is 5.41 Å². The monoisotopic (exact) mass is 170 g/mol. The smallest absolute Gasteiger partial charge is 0.129 e. The molecular weight excluding hydrogens is 152 g/mol. The van der Waals surface area contributed by atoms with Gasteiger partial charge in [0.2, 0.25) is 0 Å². The van der Waals surface area contributed by atoms with Crippen molar-refractivity contribution in [1.82, 2.24) is 0 Å². The topological polar surface area (TPSA) is 34.1 Å². The lowest BCUT2D eigenvalue weighted by Crippen LogP contribution is -2.12. The summed E-state index contributed by atoms with van der Waals surface area (Å²) in [5.74, 6) is 0.231. The van der Waals surface area contributed by atoms with E-state index in [0.29, 0.717) is 12.8 Å². The van der Waals surface area contributed by atoms with E-state index in [9.17, 15) is 9.59 Å². The van der Waals surface area contributed by atoms with Gasteiger partial charge in [0.25, 0.3) is 0 Å². The summed E-state index contributed by atoms with van der Waals surface area (Å²) in [6.07, 6.45) is 3.94. The van der Waals surface area contributed by atoms with Crippen molar-refractivity contribution in [2.75, 3.05) is 0 Å². The molecule has 2 heteroatoms. The normalized spacial score (nSPS) is 11.2. The minimum absolute atomic E-state index is 0.132. The lowest BCUT2D eigenvalue weighted by molar-refractivity contribution is -0.117. The molecule has 0 aromatic carbocycles. The summed E-state index contributed by atoms with van der Waals surface area (Å²) >= 11 is 0. The van der Waals surface area contributed by atoms with E-state index in [1.54, 1.807) is 6.92 Å². The molecule has 0 N–H and O–H groups in total. The Morgan fingerprint density at radius 1 is 1.33 bits per heavy atom. The van der Waals surface area contributed by atoms with Gasteiger partial charge >= 0.3 is 0 Å². The van der Waals surface area contributed by atoms with Gasteiger partial charge in [-0.1, -0.05) is 13.8 Å². The fraction of sp³-hybridized carbons (Fsp3) is 0.800. The van der Waals surface area contributed by atoms with Crippen molar-refractivity contribution >= 4 is 12.1 Å². The first-order valence-electron chi connectivity index (χ1n) is 4.41. The number of Topliss-reactive ketones (excluding diaryl/α,β-unsaturated/α-hetero) is 1. The van der Waals surface area contributed by atoms with Crippen molar-refractivity contribution < 1.29 is 9.59 Å². The summed E-state index contributed by atoms with van der Waals surface area (Å²) in [7, 11) is 0. The van der Waals surface area contributed by atoms with Crippen LogP contribution in [-0.2, 0) is 9.59 Å². The first-order valence-corrected chi connectivity index (χ1v) is 4.41. The molecule has 0 atom stereocenters. The molecule has 0 radical (unpaired) electrons. The van der Waals surface area contributed by atoms with E-state index in [2.05, 4.69) is 13.8 Å². The van der Waals surface area contributed by atoms with Gasteiger partial charge < -0.3 is 9.59 Å². The number of hydrogen-bond donors (Lipinski definition) is 0. The maximum Gasteiger partial charge on any atom is 0.129 e. The fourth-order valence-corrected chi connectivity index (χ4v) is 1.09. The van der Waals surface area contributed by atoms with E-state index in [0.717, 1.165) is 19.1 Å². The summed E-state index contributed by atoms with van der Waals surface area (Å²) in [5.41, 5.74) is 0.132. The highest BCUT2D eigenvalue weighted by Crippen LogP contribution is 2.27. The second-order valence-electron chi connectivity index (χ2n) is 4.07. The van der Waals surface area contributed by atoms with Crippen LogP contribution in [0.15, 0.2) is 0 Å². The Morgan fingerprint density at radius 2 is 1.92 bits per heavy atom. The van der Waals surface area contributed by atoms with Gasteiger partial charge in [-0.05, 0) is 25.2 Å². The summed E-state index contributed by atoms with van der Waals surface area (Å²) in [4.78, 5) is 20.8. The van der Waals surface area contributed by atoms with E-state index >= 15 is 0 Å². The first kappa shape index (κ1) is 11.3. The SMILES string of the molecule is CC(=O)CCC(C)(C)CCC=O. The zero-order chi connectivity index (χ0) is 9.61. The third-order valence-corrected chi connectivity index (χ3v) is 2.09. The van der Waals surface area contributed by atoms with Gasteiger partial charge in [0.1, 0.15) is 12.1 Å². The van der Waals surface area contributed by atoms with Gasteiger partial charge in [-0.2, -0.15) is 0 Å². The number of aldehydes is 1. The molecule has 12 heavy (non-hydrogen) atoms. The highest BCUT2D eigenvalue weighted by atomic mass is 16.1. The van der Waals surface area contributed by atoms with E-state index < -0.39 is 0 Å². The third-order valence-electron chi connectivity index (χ3n) is 2.09. The van der Waals surface area contributed by atoms with Crippen molar-refractivity contribution in [2.24, 2.45) is 5.41 Å². The summed E-state index contributed by atoms with van der Waals surface area (Å²) in [5, 5.41) is 0. The standard InChI is InChI=1S/C10H18O2/c1-9(12)5-7-10(2,3)6-4-8-11/h8H,4-7H2,1-3H3. The molecule has 0 fully saturated rings. The summed E-state index contributed by atoms with van der Waals surface area (Å²) in [6.45, 7) is 5.80. The lowest BCUT2D eigenvalue weighted by Gasteiger charge is -2.22. The van der Waals surface area contributed by atoms with Crippen LogP contribution in [0.5, 0.6) is 0 Å². The molecule has 0 aromatic heterocycles. The number of carbonyl (C=O) groups excluding carboxylic acids is 2. The molecule has 0 unspecified atom stereocenters. The molecule has 0 aliphatic carbocycles. The Bertz CT molecular complexity index is 159. The van der Waals surface area contributed by atoms with E-state index in [4.69, 9.17) is 0 Å². The van der Waals surface area contributed by atoms with Crippen LogP contribution in [0.2, 0.25) is 0 Å². The van der Waals surface area contributed by atoms with Gasteiger partial charge in [0.05, 0.1) is 0 Å². The molecule has 0 saturated carbocycles. The van der Waals surface area contributed by atoms with Gasteiger partial charge in [0, 0.05) is 12.8 Å². The van der Waals surface area contributed by atoms with Crippen molar-refractivity contribution in [3.63, 3.8) is 0 Å². The minimum Gasteiger partial charge on any atom is -0.303 e. The lowest BCUT2D eigenvalue weighted by atomic mass is 9.83. The fourth-order valence-electron chi connectivity index (χ4n) is 1.09. The molecule has 2 nitrogen and oxygen atoms in total. The maximum absolute atomic E-state index is 10.7. The van der Waals surface area contributed by atoms with Crippen molar-refractivity contribution in [1.29, 1.82) is 0 Å². The second kappa shape index (κ2) is 5.07. The molecule has 0 amide bonds. The second-order valence-corrected chi connectivity index (χ2v) is 4.07. The number of rotatable bonds is 6. The predicted molar refractivity (Wildman–Crippen MR) is 49.0 cm³/mol. The van der Waals surface area contributed by atoms with Gasteiger partial charge in [-0.3, -0.25) is 0 Å². The first-order chi connectivity index (χ1) is 5.48. The minimum atomic E-state index is 0.132. The molecule has 0 bridgehead atoms. The van der Waals surface area contributed by atoms with E-state index in [1.807, 2.05) is 0 Å². The highest BCUT2D eigenvalue weighted by molar-refractivity contribution is 5.75. The van der Waals surface area contributed by atoms with E-state index in [1.165, 1.54) is 0 Å². The maximum atomic E-state index is 10.7. The molecule has 0 rings (SSSR count). The predicted octanol–water partition coefficient (Wildman–Crippen LogP) is 2.36.